The van der Waals surface area contributed by atoms with Crippen molar-refractivity contribution in [1.82, 2.24) is 0 Å². The molecule has 0 aromatic heterocycles. The standard InChI is InChI=1S/C22H34O5/c1-16(13-27-20(24)21(2,3)4)12-19(22(5,6)15-23)26-14-17-8-10-18(25-7)11-9-17/h8-11,15-16,19H,12-14H2,1-7H3/t16-,19-/m1/s1. The van der Waals surface area contributed by atoms with Crippen molar-refractivity contribution in [2.45, 2.75) is 60.7 Å². The zero-order chi connectivity index (χ0) is 20.7. The van der Waals surface area contributed by atoms with Crippen molar-refractivity contribution in [2.75, 3.05) is 13.7 Å². The number of esters is 1. The summed E-state index contributed by atoms with van der Waals surface area (Å²) in [4.78, 5) is 23.5. The number of ether oxygens (including phenoxy) is 3. The van der Waals surface area contributed by atoms with Crippen LogP contribution in [0.3, 0.4) is 0 Å². The fourth-order valence-electron chi connectivity index (χ4n) is 2.45. The van der Waals surface area contributed by atoms with E-state index in [0.29, 0.717) is 19.6 Å². The fourth-order valence-corrected chi connectivity index (χ4v) is 2.45. The molecule has 0 saturated carbocycles. The Kier molecular flexibility index (Phi) is 8.48. The van der Waals surface area contributed by atoms with Crippen LogP contribution in [0.1, 0.15) is 53.5 Å². The maximum Gasteiger partial charge on any atom is 0.311 e. The zero-order valence-electron chi connectivity index (χ0n) is 17.7. The predicted molar refractivity (Wildman–Crippen MR) is 106 cm³/mol. The van der Waals surface area contributed by atoms with E-state index in [2.05, 4.69) is 0 Å². The molecule has 0 fully saturated rings. The zero-order valence-corrected chi connectivity index (χ0v) is 17.7. The highest BCUT2D eigenvalue weighted by molar-refractivity contribution is 5.75. The molecule has 152 valence electrons. The van der Waals surface area contributed by atoms with Gasteiger partial charge >= 0.3 is 5.97 Å². The normalized spacial score (nSPS) is 14.3. The second-order valence-corrected chi connectivity index (χ2v) is 8.78. The van der Waals surface area contributed by atoms with Crippen LogP contribution >= 0.6 is 0 Å². The van der Waals surface area contributed by atoms with Crippen molar-refractivity contribution >= 4 is 12.3 Å². The maximum absolute atomic E-state index is 12.0. The van der Waals surface area contributed by atoms with Crippen LogP contribution in [0.2, 0.25) is 0 Å². The van der Waals surface area contributed by atoms with E-state index < -0.39 is 10.8 Å². The van der Waals surface area contributed by atoms with E-state index in [9.17, 15) is 9.59 Å². The molecule has 5 heteroatoms. The van der Waals surface area contributed by atoms with Crippen LogP contribution in [0.4, 0.5) is 0 Å². The molecule has 0 radical (unpaired) electrons. The summed E-state index contributed by atoms with van der Waals surface area (Å²) in [5.41, 5.74) is -0.143. The first-order valence-electron chi connectivity index (χ1n) is 9.37. The molecule has 2 atom stereocenters. The average molecular weight is 379 g/mol. The molecule has 0 aliphatic rings. The van der Waals surface area contributed by atoms with Crippen LogP contribution < -0.4 is 4.74 Å². The SMILES string of the molecule is COc1ccc(CO[C@H](C[C@@H](C)COC(=O)C(C)(C)C)C(C)(C)C=O)cc1. The monoisotopic (exact) mass is 378 g/mol. The minimum Gasteiger partial charge on any atom is -0.497 e. The molecule has 0 heterocycles. The van der Waals surface area contributed by atoms with Gasteiger partial charge in [-0.25, -0.2) is 0 Å². The molecule has 5 nitrogen and oxygen atoms in total. The summed E-state index contributed by atoms with van der Waals surface area (Å²) in [5, 5.41) is 0. The summed E-state index contributed by atoms with van der Waals surface area (Å²) in [6, 6.07) is 7.65. The predicted octanol–water partition coefficient (Wildman–Crippen LogP) is 4.42. The van der Waals surface area contributed by atoms with E-state index >= 15 is 0 Å². The van der Waals surface area contributed by atoms with E-state index in [1.807, 2.05) is 65.8 Å². The molecule has 0 spiro atoms. The Balaban J connectivity index is 2.68. The van der Waals surface area contributed by atoms with Crippen LogP contribution in [-0.2, 0) is 25.7 Å². The molecule has 0 amide bonds. The minimum atomic E-state index is -0.630. The summed E-state index contributed by atoms with van der Waals surface area (Å²) in [6.45, 7) is 11.9. The number of carbonyl (C=O) groups is 2. The highest BCUT2D eigenvalue weighted by atomic mass is 16.5. The van der Waals surface area contributed by atoms with Gasteiger partial charge in [0, 0.05) is 5.41 Å². The van der Waals surface area contributed by atoms with Gasteiger partial charge in [-0.1, -0.05) is 32.9 Å². The van der Waals surface area contributed by atoms with Gasteiger partial charge in [0.2, 0.25) is 0 Å². The second-order valence-electron chi connectivity index (χ2n) is 8.78. The lowest BCUT2D eigenvalue weighted by atomic mass is 9.83. The lowest BCUT2D eigenvalue weighted by Crippen LogP contribution is -2.36. The van der Waals surface area contributed by atoms with E-state index in [4.69, 9.17) is 14.2 Å². The van der Waals surface area contributed by atoms with Crippen LogP contribution in [0.25, 0.3) is 0 Å². The van der Waals surface area contributed by atoms with Gasteiger partial charge in [-0.3, -0.25) is 4.79 Å². The van der Waals surface area contributed by atoms with E-state index in [1.165, 1.54) is 0 Å². The van der Waals surface area contributed by atoms with Crippen LogP contribution in [0.5, 0.6) is 5.75 Å². The van der Waals surface area contributed by atoms with Crippen molar-refractivity contribution in [3.8, 4) is 5.75 Å². The number of methoxy groups -OCH3 is 1. The Labute approximate surface area is 163 Å². The molecule has 1 aromatic rings. The Morgan fingerprint density at radius 3 is 2.19 bits per heavy atom. The molecule has 1 rings (SSSR count). The number of hydrogen-bond acceptors (Lipinski definition) is 5. The van der Waals surface area contributed by atoms with Gasteiger partial charge in [0.05, 0.1) is 31.8 Å². The van der Waals surface area contributed by atoms with Crippen LogP contribution in [-0.4, -0.2) is 32.1 Å². The molecule has 0 unspecified atom stereocenters. The lowest BCUT2D eigenvalue weighted by Gasteiger charge is -2.31. The van der Waals surface area contributed by atoms with Crippen LogP contribution in [0.15, 0.2) is 24.3 Å². The van der Waals surface area contributed by atoms with Gasteiger partial charge < -0.3 is 19.0 Å². The molecule has 0 bridgehead atoms. The number of hydrogen-bond donors (Lipinski definition) is 0. The minimum absolute atomic E-state index is 0.0800. The van der Waals surface area contributed by atoms with Gasteiger partial charge in [0.15, 0.2) is 0 Å². The Bertz CT molecular complexity index is 598. The van der Waals surface area contributed by atoms with Crippen molar-refractivity contribution in [2.24, 2.45) is 16.7 Å². The summed E-state index contributed by atoms with van der Waals surface area (Å²) in [7, 11) is 1.63. The second kappa shape index (κ2) is 9.88. The first-order valence-corrected chi connectivity index (χ1v) is 9.37. The van der Waals surface area contributed by atoms with Gasteiger partial charge in [0.1, 0.15) is 12.0 Å². The molecule has 1 aromatic carbocycles. The van der Waals surface area contributed by atoms with Crippen LogP contribution in [0, 0.1) is 16.7 Å². The molecule has 0 aliphatic carbocycles. The third kappa shape index (κ3) is 7.71. The summed E-state index contributed by atoms with van der Waals surface area (Å²) in [5.74, 6) is 0.647. The Morgan fingerprint density at radius 2 is 1.70 bits per heavy atom. The van der Waals surface area contributed by atoms with E-state index in [1.54, 1.807) is 7.11 Å². The number of benzene rings is 1. The van der Waals surface area contributed by atoms with Gasteiger partial charge in [-0.15, -0.1) is 0 Å². The van der Waals surface area contributed by atoms with Crippen molar-refractivity contribution in [3.05, 3.63) is 29.8 Å². The largest absolute Gasteiger partial charge is 0.497 e. The Morgan fingerprint density at radius 1 is 1.11 bits per heavy atom. The quantitative estimate of drug-likeness (QED) is 0.445. The molecule has 0 saturated heterocycles. The first-order chi connectivity index (χ1) is 12.5. The maximum atomic E-state index is 12.0. The molecule has 0 N–H and O–H groups in total. The highest BCUT2D eigenvalue weighted by Crippen LogP contribution is 2.28. The third-order valence-corrected chi connectivity index (χ3v) is 4.47. The average Bonchev–Trinajstić information content (AvgIpc) is 2.62. The molecular weight excluding hydrogens is 344 g/mol. The number of carbonyl (C=O) groups excluding carboxylic acids is 2. The number of aldehydes is 1. The number of rotatable bonds is 10. The molecule has 0 aliphatic heterocycles. The smallest absolute Gasteiger partial charge is 0.311 e. The van der Waals surface area contributed by atoms with Gasteiger partial charge in [0.25, 0.3) is 0 Å². The third-order valence-electron chi connectivity index (χ3n) is 4.47. The van der Waals surface area contributed by atoms with Crippen molar-refractivity contribution in [1.29, 1.82) is 0 Å². The van der Waals surface area contributed by atoms with Gasteiger partial charge in [-0.2, -0.15) is 0 Å². The van der Waals surface area contributed by atoms with Crippen molar-refractivity contribution < 1.29 is 23.8 Å². The fraction of sp³-hybridized carbons (Fsp3) is 0.636. The van der Waals surface area contributed by atoms with Gasteiger partial charge in [-0.05, 0) is 50.8 Å². The summed E-state index contributed by atoms with van der Waals surface area (Å²) >= 11 is 0. The summed E-state index contributed by atoms with van der Waals surface area (Å²) in [6.07, 6.45) is 1.28. The van der Waals surface area contributed by atoms with E-state index in [0.717, 1.165) is 17.6 Å². The lowest BCUT2D eigenvalue weighted by molar-refractivity contribution is -0.155. The highest BCUT2D eigenvalue weighted by Gasteiger charge is 2.32. The van der Waals surface area contributed by atoms with Crippen molar-refractivity contribution in [3.63, 3.8) is 0 Å². The molecule has 27 heavy (non-hydrogen) atoms. The molecular formula is C22H34O5. The Hall–Kier alpha value is -1.88. The first kappa shape index (κ1) is 23.2. The van der Waals surface area contributed by atoms with E-state index in [-0.39, 0.29) is 18.0 Å². The summed E-state index contributed by atoms with van der Waals surface area (Å²) < 4.78 is 16.7. The topological polar surface area (TPSA) is 61.8 Å².